The normalized spacial score (nSPS) is 10.2. The van der Waals surface area contributed by atoms with Crippen molar-refractivity contribution in [3.63, 3.8) is 0 Å². The average molecular weight is 435 g/mol. The van der Waals surface area contributed by atoms with E-state index in [9.17, 15) is 4.79 Å². The van der Waals surface area contributed by atoms with Crippen LogP contribution < -0.4 is 0 Å². The van der Waals surface area contributed by atoms with Crippen LogP contribution in [-0.4, -0.2) is 11.9 Å². The molecule has 3 rings (SSSR count). The molecule has 0 aliphatic carbocycles. The molecule has 0 spiro atoms. The third-order valence-electron chi connectivity index (χ3n) is 3.72. The number of hydrogen-bond acceptors (Lipinski definition) is 4. The van der Waals surface area contributed by atoms with E-state index in [0.29, 0.717) is 16.3 Å². The lowest BCUT2D eigenvalue weighted by Crippen LogP contribution is -2.09. The van der Waals surface area contributed by atoms with Crippen LogP contribution in [0, 0.1) is 0 Å². The van der Waals surface area contributed by atoms with Crippen LogP contribution in [0.5, 0.6) is 0 Å². The number of hydrogen-bond donors (Lipinski definition) is 0. The van der Waals surface area contributed by atoms with Crippen molar-refractivity contribution in [3.8, 4) is 0 Å². The van der Waals surface area contributed by atoms with Gasteiger partial charge >= 0.3 is 6.16 Å². The van der Waals surface area contributed by atoms with Crippen molar-refractivity contribution < 1.29 is 14.4 Å². The van der Waals surface area contributed by atoms with Crippen LogP contribution in [0.25, 0.3) is 0 Å². The molecule has 0 fully saturated rings. The minimum Gasteiger partial charge on any atom is -0.428 e. The quantitative estimate of drug-likeness (QED) is 0.147. The van der Waals surface area contributed by atoms with Crippen LogP contribution in [0.1, 0.15) is 16.7 Å². The van der Waals surface area contributed by atoms with Crippen LogP contribution in [0.15, 0.2) is 78.0 Å². The van der Waals surface area contributed by atoms with Crippen molar-refractivity contribution >= 4 is 46.7 Å². The molecule has 0 aliphatic rings. The molecule has 142 valence electrons. The Morgan fingerprint density at radius 1 is 0.857 bits per heavy atom. The topological polar surface area (TPSA) is 47.9 Å². The van der Waals surface area contributed by atoms with Gasteiger partial charge in [-0.05, 0) is 12.1 Å². The summed E-state index contributed by atoms with van der Waals surface area (Å²) >= 11 is 18.0. The second-order valence-electron chi connectivity index (χ2n) is 5.66. The number of ether oxygens (including phenoxy) is 1. The Morgan fingerprint density at radius 2 is 1.43 bits per heavy atom. The van der Waals surface area contributed by atoms with Gasteiger partial charge in [-0.3, -0.25) is 4.84 Å². The molecule has 0 aromatic heterocycles. The van der Waals surface area contributed by atoms with Crippen molar-refractivity contribution in [3.05, 3.63) is 105 Å². The first-order chi connectivity index (χ1) is 13.5. The lowest BCUT2D eigenvalue weighted by molar-refractivity contribution is 0.0521. The fraction of sp³-hybridized carbons (Fsp3) is 0.0476. The zero-order chi connectivity index (χ0) is 19.9. The average Bonchev–Trinajstić information content (AvgIpc) is 2.71. The Kier molecular flexibility index (Phi) is 6.93. The number of carbonyl (C=O) groups excluding carboxylic acids is 1. The van der Waals surface area contributed by atoms with Gasteiger partial charge in [-0.2, -0.15) is 0 Å². The van der Waals surface area contributed by atoms with Crippen LogP contribution >= 0.6 is 34.8 Å². The first-order valence-electron chi connectivity index (χ1n) is 8.20. The number of carbonyl (C=O) groups is 1. The van der Waals surface area contributed by atoms with Crippen molar-refractivity contribution in [1.29, 1.82) is 0 Å². The maximum atomic E-state index is 12.0. The van der Waals surface area contributed by atoms with Crippen molar-refractivity contribution in [2.45, 2.75) is 6.61 Å². The molecule has 0 unspecified atom stereocenters. The van der Waals surface area contributed by atoms with E-state index < -0.39 is 6.16 Å². The molecule has 0 saturated heterocycles. The number of nitrogens with zero attached hydrogens (tertiary/aromatic N) is 1. The second-order valence-corrected chi connectivity index (χ2v) is 6.88. The highest BCUT2D eigenvalue weighted by atomic mass is 35.5. The highest BCUT2D eigenvalue weighted by Crippen LogP contribution is 2.30. The first kappa shape index (κ1) is 20.2. The summed E-state index contributed by atoms with van der Waals surface area (Å²) in [7, 11) is 0. The van der Waals surface area contributed by atoms with E-state index in [2.05, 4.69) is 5.16 Å². The third kappa shape index (κ3) is 5.26. The Hall–Kier alpha value is -2.53. The molecular formula is C21H14Cl3NO3. The zero-order valence-corrected chi connectivity index (χ0v) is 16.7. The summed E-state index contributed by atoms with van der Waals surface area (Å²) in [5.41, 5.74) is 2.56. The standard InChI is InChI=1S/C21H14Cl3NO3/c22-17-11-16(19(24)18(23)12-17)13-27-21(26)28-25-20(14-7-3-1-4-8-14)15-9-5-2-6-10-15/h1-12H,13H2. The fourth-order valence-corrected chi connectivity index (χ4v) is 3.12. The van der Waals surface area contributed by atoms with Gasteiger partial charge in [-0.1, -0.05) is 101 Å². The summed E-state index contributed by atoms with van der Waals surface area (Å²) < 4.78 is 5.07. The van der Waals surface area contributed by atoms with E-state index in [1.807, 2.05) is 60.7 Å². The third-order valence-corrected chi connectivity index (χ3v) is 4.78. The van der Waals surface area contributed by atoms with E-state index >= 15 is 0 Å². The van der Waals surface area contributed by atoms with Gasteiger partial charge < -0.3 is 4.74 Å². The molecule has 3 aromatic rings. The van der Waals surface area contributed by atoms with Crippen molar-refractivity contribution in [2.75, 3.05) is 0 Å². The monoisotopic (exact) mass is 433 g/mol. The second kappa shape index (κ2) is 9.60. The maximum absolute atomic E-state index is 12.0. The molecule has 3 aromatic carbocycles. The maximum Gasteiger partial charge on any atom is 0.535 e. The largest absolute Gasteiger partial charge is 0.535 e. The lowest BCUT2D eigenvalue weighted by atomic mass is 10.0. The molecule has 28 heavy (non-hydrogen) atoms. The molecule has 0 bridgehead atoms. The first-order valence-corrected chi connectivity index (χ1v) is 9.34. The van der Waals surface area contributed by atoms with Gasteiger partial charge in [0.25, 0.3) is 0 Å². The van der Waals surface area contributed by atoms with Gasteiger partial charge in [0, 0.05) is 21.7 Å². The molecule has 0 radical (unpaired) electrons. The van der Waals surface area contributed by atoms with Crippen LogP contribution in [-0.2, 0) is 16.2 Å². The molecular weight excluding hydrogens is 421 g/mol. The summed E-state index contributed by atoms with van der Waals surface area (Å²) in [6.45, 7) is -0.153. The predicted octanol–water partition coefficient (Wildman–Crippen LogP) is 6.75. The zero-order valence-electron chi connectivity index (χ0n) is 14.4. The Morgan fingerprint density at radius 3 is 2.00 bits per heavy atom. The SMILES string of the molecule is O=C(OCc1cc(Cl)cc(Cl)c1Cl)ON=C(c1ccccc1)c1ccccc1. The Bertz CT molecular complexity index is 951. The predicted molar refractivity (Wildman–Crippen MR) is 111 cm³/mol. The molecule has 0 aliphatic heterocycles. The van der Waals surface area contributed by atoms with Gasteiger partial charge in [-0.15, -0.1) is 0 Å². The van der Waals surface area contributed by atoms with Gasteiger partial charge in [-0.25, -0.2) is 4.79 Å². The molecule has 0 amide bonds. The lowest BCUT2D eigenvalue weighted by Gasteiger charge is -2.08. The molecule has 7 heteroatoms. The van der Waals surface area contributed by atoms with Gasteiger partial charge in [0.1, 0.15) is 12.3 Å². The molecule has 0 N–H and O–H groups in total. The highest BCUT2D eigenvalue weighted by Gasteiger charge is 2.13. The van der Waals surface area contributed by atoms with E-state index in [1.165, 1.54) is 6.07 Å². The molecule has 0 heterocycles. The summed E-state index contributed by atoms with van der Waals surface area (Å²) in [5, 5.41) is 4.91. The smallest absolute Gasteiger partial charge is 0.428 e. The van der Waals surface area contributed by atoms with Gasteiger partial charge in [0.2, 0.25) is 0 Å². The number of oxime groups is 1. The Balaban J connectivity index is 1.73. The summed E-state index contributed by atoms with van der Waals surface area (Å²) in [4.78, 5) is 17.0. The Labute approximate surface area is 177 Å². The van der Waals surface area contributed by atoms with Crippen LogP contribution in [0.4, 0.5) is 4.79 Å². The van der Waals surface area contributed by atoms with Crippen molar-refractivity contribution in [1.82, 2.24) is 0 Å². The minimum atomic E-state index is -0.975. The van der Waals surface area contributed by atoms with E-state index in [1.54, 1.807) is 6.07 Å². The van der Waals surface area contributed by atoms with Gasteiger partial charge in [0.05, 0.1) is 10.0 Å². The van der Waals surface area contributed by atoms with Crippen molar-refractivity contribution in [2.24, 2.45) is 5.16 Å². The molecule has 0 saturated carbocycles. The van der Waals surface area contributed by atoms with E-state index in [-0.39, 0.29) is 16.7 Å². The van der Waals surface area contributed by atoms with E-state index in [0.717, 1.165) is 11.1 Å². The van der Waals surface area contributed by atoms with E-state index in [4.69, 9.17) is 44.4 Å². The summed E-state index contributed by atoms with van der Waals surface area (Å²) in [5.74, 6) is 0. The number of benzene rings is 3. The fourth-order valence-electron chi connectivity index (χ4n) is 2.42. The van der Waals surface area contributed by atoms with Crippen LogP contribution in [0.3, 0.4) is 0 Å². The minimum absolute atomic E-state index is 0.153. The number of halogens is 3. The molecule has 0 atom stereocenters. The highest BCUT2D eigenvalue weighted by molar-refractivity contribution is 6.43. The molecule has 4 nitrogen and oxygen atoms in total. The van der Waals surface area contributed by atoms with Gasteiger partial charge in [0.15, 0.2) is 0 Å². The van der Waals surface area contributed by atoms with Crippen LogP contribution in [0.2, 0.25) is 15.1 Å². The summed E-state index contributed by atoms with van der Waals surface area (Å²) in [6, 6.07) is 21.8. The summed E-state index contributed by atoms with van der Waals surface area (Å²) in [6.07, 6.45) is -0.975. The number of rotatable bonds is 5.